The molecule has 6 heteroatoms. The van der Waals surface area contributed by atoms with Gasteiger partial charge in [-0.3, -0.25) is 4.79 Å². The van der Waals surface area contributed by atoms with E-state index < -0.39 is 11.6 Å². The Hall–Kier alpha value is -3.67. The maximum Gasteiger partial charge on any atom is 0.252 e. The van der Waals surface area contributed by atoms with Crippen molar-refractivity contribution in [3.05, 3.63) is 78.6 Å². The van der Waals surface area contributed by atoms with Gasteiger partial charge in [-0.25, -0.2) is 8.91 Å². The molecule has 1 aliphatic carbocycles. The number of rotatable bonds is 5. The van der Waals surface area contributed by atoms with Crippen molar-refractivity contribution < 1.29 is 9.18 Å². The fourth-order valence-electron chi connectivity index (χ4n) is 4.56. The van der Waals surface area contributed by atoms with Crippen molar-refractivity contribution >= 4 is 17.1 Å². The van der Waals surface area contributed by atoms with Gasteiger partial charge in [-0.2, -0.15) is 5.10 Å². The molecule has 2 heterocycles. The predicted molar refractivity (Wildman–Crippen MR) is 125 cm³/mol. The van der Waals surface area contributed by atoms with E-state index in [4.69, 9.17) is 5.73 Å². The lowest BCUT2D eigenvalue weighted by Crippen LogP contribution is -2.36. The van der Waals surface area contributed by atoms with Gasteiger partial charge in [0.15, 0.2) is 0 Å². The van der Waals surface area contributed by atoms with Crippen LogP contribution in [0.1, 0.15) is 36.5 Å². The van der Waals surface area contributed by atoms with Crippen molar-refractivity contribution in [1.82, 2.24) is 9.61 Å². The monoisotopic (exact) mass is 428 g/mol. The minimum Gasteiger partial charge on any atom is -0.377 e. The number of hydrogen-bond acceptors (Lipinski definition) is 3. The Morgan fingerprint density at radius 1 is 1.09 bits per heavy atom. The number of nitrogens with zero attached hydrogens (tertiary/aromatic N) is 2. The molecule has 1 fully saturated rings. The maximum atomic E-state index is 14.9. The van der Waals surface area contributed by atoms with Gasteiger partial charge in [0.2, 0.25) is 0 Å². The summed E-state index contributed by atoms with van der Waals surface area (Å²) in [5.74, 6) is -0.587. The van der Waals surface area contributed by atoms with Crippen molar-refractivity contribution in [3.63, 3.8) is 0 Å². The highest BCUT2D eigenvalue weighted by Gasteiger charge is 2.39. The SMILES string of the molecule is CC1(F)CCCC1Nc1c(C(N)=O)cnn2cc(-c3ccc(-c4ccccc4)cc3)cc12. The second-order valence-corrected chi connectivity index (χ2v) is 8.67. The zero-order chi connectivity index (χ0) is 22.3. The Morgan fingerprint density at radius 2 is 1.75 bits per heavy atom. The number of aromatic nitrogens is 2. The molecule has 2 aromatic carbocycles. The Labute approximate surface area is 186 Å². The Bertz CT molecular complexity index is 1280. The first-order valence-corrected chi connectivity index (χ1v) is 10.8. The summed E-state index contributed by atoms with van der Waals surface area (Å²) >= 11 is 0. The van der Waals surface area contributed by atoms with Gasteiger partial charge in [-0.05, 0) is 48.9 Å². The van der Waals surface area contributed by atoms with Crippen LogP contribution in [0.25, 0.3) is 27.8 Å². The second kappa shape index (κ2) is 7.79. The van der Waals surface area contributed by atoms with E-state index in [1.54, 1.807) is 11.4 Å². The zero-order valence-corrected chi connectivity index (χ0v) is 17.9. The molecule has 3 N–H and O–H groups in total. The van der Waals surface area contributed by atoms with Gasteiger partial charge in [0.25, 0.3) is 5.91 Å². The molecular weight excluding hydrogens is 403 g/mol. The van der Waals surface area contributed by atoms with Crippen LogP contribution in [0.4, 0.5) is 10.1 Å². The summed E-state index contributed by atoms with van der Waals surface area (Å²) < 4.78 is 16.6. The lowest BCUT2D eigenvalue weighted by atomic mass is 10.0. The average Bonchev–Trinajstić information content (AvgIpc) is 3.37. The number of alkyl halides is 1. The third-order valence-electron chi connectivity index (χ3n) is 6.43. The molecule has 32 heavy (non-hydrogen) atoms. The highest BCUT2D eigenvalue weighted by atomic mass is 19.1. The molecule has 2 unspecified atom stereocenters. The lowest BCUT2D eigenvalue weighted by molar-refractivity contribution is 0.1000. The van der Waals surface area contributed by atoms with E-state index >= 15 is 0 Å². The van der Waals surface area contributed by atoms with Crippen molar-refractivity contribution in [2.24, 2.45) is 5.73 Å². The summed E-state index contributed by atoms with van der Waals surface area (Å²) in [7, 11) is 0. The molecule has 0 radical (unpaired) electrons. The summed E-state index contributed by atoms with van der Waals surface area (Å²) in [6.45, 7) is 1.61. The number of halogens is 1. The van der Waals surface area contributed by atoms with Gasteiger partial charge in [0.05, 0.1) is 29.0 Å². The van der Waals surface area contributed by atoms with Crippen LogP contribution >= 0.6 is 0 Å². The number of hydrogen-bond donors (Lipinski definition) is 2. The molecule has 1 saturated carbocycles. The Morgan fingerprint density at radius 3 is 2.38 bits per heavy atom. The van der Waals surface area contributed by atoms with Crippen LogP contribution in [0.2, 0.25) is 0 Å². The van der Waals surface area contributed by atoms with Crippen molar-refractivity contribution in [3.8, 4) is 22.3 Å². The predicted octanol–water partition coefficient (Wildman–Crippen LogP) is 5.46. The molecule has 1 aliphatic rings. The largest absolute Gasteiger partial charge is 0.377 e. The van der Waals surface area contributed by atoms with Gasteiger partial charge in [0.1, 0.15) is 5.67 Å². The van der Waals surface area contributed by atoms with Crippen LogP contribution in [0.3, 0.4) is 0 Å². The molecule has 2 aromatic heterocycles. The molecule has 0 bridgehead atoms. The Kier molecular flexibility index (Phi) is 4.93. The van der Waals surface area contributed by atoms with E-state index in [9.17, 15) is 9.18 Å². The summed E-state index contributed by atoms with van der Waals surface area (Å²) in [4.78, 5) is 12.1. The molecule has 4 aromatic rings. The number of nitrogens with two attached hydrogens (primary N) is 1. The summed E-state index contributed by atoms with van der Waals surface area (Å²) in [6.07, 6.45) is 5.36. The summed E-state index contributed by atoms with van der Waals surface area (Å²) in [5, 5.41) is 7.65. The first-order valence-electron chi connectivity index (χ1n) is 10.8. The molecule has 0 aliphatic heterocycles. The molecule has 5 nitrogen and oxygen atoms in total. The van der Waals surface area contributed by atoms with Crippen LogP contribution in [-0.4, -0.2) is 27.2 Å². The first-order chi connectivity index (χ1) is 15.4. The number of carbonyl (C=O) groups is 1. The third-order valence-corrected chi connectivity index (χ3v) is 6.43. The van der Waals surface area contributed by atoms with Crippen molar-refractivity contribution in [2.75, 3.05) is 5.32 Å². The normalized spacial score (nSPS) is 20.5. The van der Waals surface area contributed by atoms with Gasteiger partial charge in [-0.1, -0.05) is 54.6 Å². The van der Waals surface area contributed by atoms with Gasteiger partial charge < -0.3 is 11.1 Å². The molecule has 162 valence electrons. The lowest BCUT2D eigenvalue weighted by Gasteiger charge is -2.26. The second-order valence-electron chi connectivity index (χ2n) is 8.67. The number of benzene rings is 2. The topological polar surface area (TPSA) is 72.4 Å². The first kappa shape index (κ1) is 20.2. The summed E-state index contributed by atoms with van der Waals surface area (Å²) in [6, 6.07) is 20.1. The fraction of sp³-hybridized carbons (Fsp3) is 0.231. The van der Waals surface area contributed by atoms with Crippen LogP contribution in [0, 0.1) is 0 Å². The minimum atomic E-state index is -1.34. The number of carbonyl (C=O) groups excluding carboxylic acids is 1. The van der Waals surface area contributed by atoms with E-state index in [-0.39, 0.29) is 11.6 Å². The maximum absolute atomic E-state index is 14.9. The standard InChI is InChI=1S/C26H25FN4O/c1-26(27)13-5-8-23(26)30-24-21(25(28)32)15-29-31-16-20(14-22(24)31)19-11-9-18(10-12-19)17-6-3-2-4-7-17/h2-4,6-7,9-12,14-16,23,30H,5,8,13H2,1H3,(H2,28,32). The van der Waals surface area contributed by atoms with Crippen LogP contribution in [0.5, 0.6) is 0 Å². The number of primary amides is 1. The van der Waals surface area contributed by atoms with Crippen LogP contribution < -0.4 is 11.1 Å². The molecule has 5 rings (SSSR count). The zero-order valence-electron chi connectivity index (χ0n) is 17.9. The number of fused-ring (bicyclic) bond motifs is 1. The number of anilines is 1. The van der Waals surface area contributed by atoms with Crippen molar-refractivity contribution in [1.29, 1.82) is 0 Å². The van der Waals surface area contributed by atoms with Gasteiger partial charge in [-0.15, -0.1) is 0 Å². The van der Waals surface area contributed by atoms with Gasteiger partial charge in [0, 0.05) is 11.8 Å². The summed E-state index contributed by atoms with van der Waals surface area (Å²) in [5.41, 5.74) is 10.1. The van der Waals surface area contributed by atoms with E-state index in [0.717, 1.165) is 28.7 Å². The Balaban J connectivity index is 1.54. The smallest absolute Gasteiger partial charge is 0.252 e. The molecule has 0 spiro atoms. The number of nitrogens with one attached hydrogen (secondary N) is 1. The average molecular weight is 429 g/mol. The molecule has 1 amide bonds. The van der Waals surface area contributed by atoms with Crippen molar-refractivity contribution in [2.45, 2.75) is 37.9 Å². The highest BCUT2D eigenvalue weighted by Crippen LogP contribution is 2.37. The van der Waals surface area contributed by atoms with E-state index in [1.807, 2.05) is 30.5 Å². The number of amides is 1. The highest BCUT2D eigenvalue weighted by molar-refractivity contribution is 6.02. The van der Waals surface area contributed by atoms with Crippen LogP contribution in [-0.2, 0) is 0 Å². The quantitative estimate of drug-likeness (QED) is 0.443. The molecular formula is C26H25FN4O. The molecule has 2 atom stereocenters. The fourth-order valence-corrected chi connectivity index (χ4v) is 4.56. The van der Waals surface area contributed by atoms with E-state index in [2.05, 4.69) is 46.8 Å². The van der Waals surface area contributed by atoms with Crippen LogP contribution in [0.15, 0.2) is 73.1 Å². The van der Waals surface area contributed by atoms with Gasteiger partial charge >= 0.3 is 0 Å². The minimum absolute atomic E-state index is 0.268. The molecule has 0 saturated heterocycles. The van der Waals surface area contributed by atoms with E-state index in [1.165, 1.54) is 6.20 Å². The third kappa shape index (κ3) is 3.62. The van der Waals surface area contributed by atoms with E-state index in [0.29, 0.717) is 24.0 Å².